The van der Waals surface area contributed by atoms with Gasteiger partial charge in [-0.15, -0.1) is 13.2 Å². The second-order valence-corrected chi connectivity index (χ2v) is 16.0. The molecule has 18 heteroatoms. The van der Waals surface area contributed by atoms with Crippen molar-refractivity contribution in [1.29, 1.82) is 0 Å². The maximum Gasteiger partial charge on any atom is 0.573 e. The minimum atomic E-state index is -5.05. The number of rotatable bonds is 13. The zero-order valence-corrected chi connectivity index (χ0v) is 34.5. The number of carbonyl (C=O) groups excluding carboxylic acids is 4. The molecule has 59 heavy (non-hydrogen) atoms. The number of ether oxygens (including phenoxy) is 2. The second kappa shape index (κ2) is 18.4. The van der Waals surface area contributed by atoms with E-state index in [4.69, 9.17) is 21.3 Å². The lowest BCUT2D eigenvalue weighted by Crippen LogP contribution is -2.51. The van der Waals surface area contributed by atoms with Gasteiger partial charge in [0.1, 0.15) is 34.3 Å². The number of benzene rings is 2. The van der Waals surface area contributed by atoms with E-state index in [1.54, 1.807) is 41.3 Å². The third kappa shape index (κ3) is 11.4. The molecule has 5 N–H and O–H groups in total. The van der Waals surface area contributed by atoms with Crippen LogP contribution in [0.3, 0.4) is 0 Å². The lowest BCUT2D eigenvalue weighted by Gasteiger charge is -2.30. The molecule has 14 nitrogen and oxygen atoms in total. The van der Waals surface area contributed by atoms with E-state index in [1.807, 2.05) is 41.5 Å². The van der Waals surface area contributed by atoms with Gasteiger partial charge in [0.15, 0.2) is 0 Å². The summed E-state index contributed by atoms with van der Waals surface area (Å²) in [6, 6.07) is 12.1. The molecule has 3 atom stereocenters. The van der Waals surface area contributed by atoms with Gasteiger partial charge in [-0.05, 0) is 54.2 Å². The number of pyridine rings is 1. The van der Waals surface area contributed by atoms with E-state index >= 15 is 0 Å². The van der Waals surface area contributed by atoms with Crippen molar-refractivity contribution in [2.75, 3.05) is 37.4 Å². The molecule has 1 aliphatic rings. The van der Waals surface area contributed by atoms with Gasteiger partial charge in [-0.25, -0.2) is 14.8 Å². The van der Waals surface area contributed by atoms with Crippen LogP contribution in [0, 0.1) is 17.3 Å². The maximum atomic E-state index is 13.7. The van der Waals surface area contributed by atoms with Gasteiger partial charge in [0, 0.05) is 41.7 Å². The zero-order valence-electron chi connectivity index (χ0n) is 33.7. The number of nitrogens with one attached hydrogen (secondary N) is 5. The van der Waals surface area contributed by atoms with E-state index in [2.05, 4.69) is 36.0 Å². The molecule has 0 radical (unpaired) electrons. The van der Waals surface area contributed by atoms with Crippen molar-refractivity contribution < 1.29 is 41.8 Å². The molecule has 1 aliphatic heterocycles. The Morgan fingerprint density at radius 2 is 1.69 bits per heavy atom. The van der Waals surface area contributed by atoms with Gasteiger partial charge in [-0.2, -0.15) is 0 Å². The Balaban J connectivity index is 1.30. The second-order valence-electron chi connectivity index (χ2n) is 15.6. The number of carbonyl (C=O) groups is 4. The Hall–Kier alpha value is -5.84. The lowest BCUT2D eigenvalue weighted by molar-refractivity contribution is -0.274. The number of alkyl halides is 3. The summed E-state index contributed by atoms with van der Waals surface area (Å²) >= 11 is 6.64. The Kier molecular flexibility index (Phi) is 13.8. The highest BCUT2D eigenvalue weighted by Gasteiger charge is 2.40. The van der Waals surface area contributed by atoms with E-state index in [-0.39, 0.29) is 39.9 Å². The Labute approximate surface area is 345 Å². The van der Waals surface area contributed by atoms with Gasteiger partial charge >= 0.3 is 12.5 Å². The van der Waals surface area contributed by atoms with Gasteiger partial charge in [-0.1, -0.05) is 77.4 Å². The van der Waals surface area contributed by atoms with Crippen molar-refractivity contribution in [3.63, 3.8) is 0 Å². The monoisotopic (exact) mass is 840 g/mol. The van der Waals surface area contributed by atoms with Crippen molar-refractivity contribution in [3.8, 4) is 28.1 Å². The standard InChI is InChI=1S/C41H48ClF3N8O6/c1-22(2)32(51-39(57)58-7)37(55)53-21-23(3)18-29(53)35-50-33(34(42)52-35)25-10-8-24(9-11-25)28-14-12-26(19-30(28)59-41(43,44)45)36(54)49-27-13-15-31(48-20-27)46-16-17-47-38(56)40(4,5)6/h8-15,19-20,22-23,29,32H,16-18,21H2,1-7H3,(H,46,48)(H,47,56)(H,49,54)(H,50,52)(H,51,57)/t23-,29-,32-/m0/s1. The quantitative estimate of drug-likeness (QED) is 0.0840. The van der Waals surface area contributed by atoms with Crippen LogP contribution in [0.1, 0.15) is 70.2 Å². The van der Waals surface area contributed by atoms with Crippen LogP contribution in [0.4, 0.5) is 29.5 Å². The fraction of sp³-hybridized carbons (Fsp3) is 0.415. The molecular formula is C41H48ClF3N8O6. The highest BCUT2D eigenvalue weighted by atomic mass is 35.5. The van der Waals surface area contributed by atoms with Crippen LogP contribution >= 0.6 is 11.6 Å². The number of methoxy groups -OCH3 is 1. The third-order valence-corrected chi connectivity index (χ3v) is 9.81. The zero-order chi connectivity index (χ0) is 43.2. The molecule has 1 fully saturated rings. The first-order chi connectivity index (χ1) is 27.7. The van der Waals surface area contributed by atoms with Gasteiger partial charge < -0.3 is 40.6 Å². The number of amides is 4. The van der Waals surface area contributed by atoms with Gasteiger partial charge in [-0.3, -0.25) is 14.4 Å². The average molecular weight is 841 g/mol. The molecule has 1 saturated heterocycles. The van der Waals surface area contributed by atoms with E-state index in [0.29, 0.717) is 60.2 Å². The molecule has 0 unspecified atom stereocenters. The molecule has 5 rings (SSSR count). The fourth-order valence-corrected chi connectivity index (χ4v) is 6.72. The highest BCUT2D eigenvalue weighted by molar-refractivity contribution is 6.32. The minimum Gasteiger partial charge on any atom is -0.453 e. The van der Waals surface area contributed by atoms with Crippen LogP contribution in [0.25, 0.3) is 22.4 Å². The molecule has 0 bridgehead atoms. The Bertz CT molecular complexity index is 2140. The van der Waals surface area contributed by atoms with Crippen molar-refractivity contribution in [1.82, 2.24) is 30.5 Å². The van der Waals surface area contributed by atoms with Crippen molar-refractivity contribution >= 4 is 46.9 Å². The third-order valence-electron chi connectivity index (χ3n) is 9.54. The predicted molar refractivity (Wildman–Crippen MR) is 217 cm³/mol. The number of H-pyrrole nitrogens is 1. The number of aromatic nitrogens is 3. The van der Waals surface area contributed by atoms with Crippen molar-refractivity contribution in [2.24, 2.45) is 17.3 Å². The number of alkyl carbamates (subject to hydrolysis) is 1. The summed E-state index contributed by atoms with van der Waals surface area (Å²) in [5, 5.41) is 11.3. The van der Waals surface area contributed by atoms with Gasteiger partial charge in [0.2, 0.25) is 11.8 Å². The largest absolute Gasteiger partial charge is 0.573 e. The van der Waals surface area contributed by atoms with Crippen molar-refractivity contribution in [3.05, 3.63) is 77.3 Å². The summed E-state index contributed by atoms with van der Waals surface area (Å²) in [6.07, 6.45) is -3.78. The summed E-state index contributed by atoms with van der Waals surface area (Å²) in [5.74, 6) is -0.796. The number of halogens is 4. The van der Waals surface area contributed by atoms with Crippen LogP contribution < -0.4 is 26.0 Å². The maximum absolute atomic E-state index is 13.7. The first-order valence-electron chi connectivity index (χ1n) is 18.9. The molecule has 3 heterocycles. The number of imidazole rings is 1. The summed E-state index contributed by atoms with van der Waals surface area (Å²) in [6.45, 7) is 12.3. The fourth-order valence-electron chi connectivity index (χ4n) is 6.47. The normalized spacial score (nSPS) is 16.0. The smallest absolute Gasteiger partial charge is 0.453 e. The van der Waals surface area contributed by atoms with Gasteiger partial charge in [0.05, 0.1) is 25.0 Å². The number of aromatic amines is 1. The molecule has 2 aromatic carbocycles. The van der Waals surface area contributed by atoms with Crippen LogP contribution in [0.15, 0.2) is 60.8 Å². The van der Waals surface area contributed by atoms with Crippen LogP contribution in [0.2, 0.25) is 5.15 Å². The van der Waals surface area contributed by atoms with Crippen molar-refractivity contribution in [2.45, 2.75) is 66.4 Å². The molecule has 4 aromatic rings. The van der Waals surface area contributed by atoms with Crippen LogP contribution in [0.5, 0.6) is 5.75 Å². The predicted octanol–water partition coefficient (Wildman–Crippen LogP) is 7.81. The van der Waals surface area contributed by atoms with E-state index in [9.17, 15) is 32.3 Å². The summed E-state index contributed by atoms with van der Waals surface area (Å²) in [4.78, 5) is 64.6. The van der Waals surface area contributed by atoms with E-state index < -0.39 is 41.6 Å². The molecule has 2 aromatic heterocycles. The Morgan fingerprint density at radius 3 is 2.31 bits per heavy atom. The average Bonchev–Trinajstić information content (AvgIpc) is 3.76. The van der Waals surface area contributed by atoms with Gasteiger partial charge in [0.25, 0.3) is 5.91 Å². The number of anilines is 2. The van der Waals surface area contributed by atoms with E-state index in [1.165, 1.54) is 25.4 Å². The molecule has 0 saturated carbocycles. The van der Waals surface area contributed by atoms with Crippen LogP contribution in [-0.2, 0) is 14.3 Å². The molecule has 0 spiro atoms. The summed E-state index contributed by atoms with van der Waals surface area (Å²) in [7, 11) is 1.23. The number of hydrogen-bond acceptors (Lipinski definition) is 9. The highest BCUT2D eigenvalue weighted by Crippen LogP contribution is 2.39. The number of hydrogen-bond donors (Lipinski definition) is 5. The number of nitrogens with zero attached hydrogens (tertiary/aromatic N) is 3. The molecule has 4 amide bonds. The first kappa shape index (κ1) is 44.3. The summed E-state index contributed by atoms with van der Waals surface area (Å²) < 4.78 is 50.0. The minimum absolute atomic E-state index is 0.0735. The molecule has 0 aliphatic carbocycles. The number of likely N-dealkylation sites (tertiary alicyclic amines) is 1. The van der Waals surface area contributed by atoms with Crippen LogP contribution in [-0.4, -0.2) is 82.8 Å². The SMILES string of the molecule is COC(=O)N[C@H](C(=O)N1C[C@@H](C)C[C@H]1c1nc(-c2ccc(-c3ccc(C(=O)Nc4ccc(NCCNC(=O)C(C)(C)C)nc4)cc3OC(F)(F)F)cc2)c(Cl)[nH]1)C(C)C. The lowest BCUT2D eigenvalue weighted by atomic mass is 9.96. The Morgan fingerprint density at radius 1 is 1.00 bits per heavy atom. The molecule has 316 valence electrons. The topological polar surface area (TPSA) is 180 Å². The van der Waals surface area contributed by atoms with E-state index in [0.717, 1.165) is 6.07 Å². The molecular weight excluding hydrogens is 793 g/mol. The summed E-state index contributed by atoms with van der Waals surface area (Å²) in [5.41, 5.74) is 1.05. The first-order valence-corrected chi connectivity index (χ1v) is 19.3.